The van der Waals surface area contributed by atoms with Gasteiger partial charge >= 0.3 is 0 Å². The SMILES string of the molecule is CCCCCCCCOc1ccc(-c2ccc([C@@H]3OC[C@H]4OCCC[C@@H]4O3)cc2)cc1. The van der Waals surface area contributed by atoms with E-state index in [1.165, 1.54) is 43.2 Å². The van der Waals surface area contributed by atoms with Crippen LogP contribution >= 0.6 is 0 Å². The van der Waals surface area contributed by atoms with Gasteiger partial charge in [0.25, 0.3) is 0 Å². The van der Waals surface area contributed by atoms with E-state index in [0.29, 0.717) is 6.61 Å². The molecule has 2 heterocycles. The molecular formula is C27H36O4. The van der Waals surface area contributed by atoms with Crippen molar-refractivity contribution in [1.29, 1.82) is 0 Å². The molecule has 4 rings (SSSR count). The van der Waals surface area contributed by atoms with Crippen molar-refractivity contribution in [2.75, 3.05) is 19.8 Å². The summed E-state index contributed by atoms with van der Waals surface area (Å²) in [5.74, 6) is 0.946. The molecule has 168 valence electrons. The zero-order valence-corrected chi connectivity index (χ0v) is 18.8. The Morgan fingerprint density at radius 3 is 2.29 bits per heavy atom. The number of unbranched alkanes of at least 4 members (excludes halogenated alkanes) is 5. The number of hydrogen-bond donors (Lipinski definition) is 0. The number of fused-ring (bicyclic) bond motifs is 1. The van der Waals surface area contributed by atoms with Gasteiger partial charge in [0.15, 0.2) is 6.29 Å². The summed E-state index contributed by atoms with van der Waals surface area (Å²) in [7, 11) is 0. The van der Waals surface area contributed by atoms with E-state index in [9.17, 15) is 0 Å². The van der Waals surface area contributed by atoms with Crippen molar-refractivity contribution in [2.45, 2.75) is 76.8 Å². The molecule has 2 aromatic carbocycles. The van der Waals surface area contributed by atoms with Gasteiger partial charge in [0.1, 0.15) is 11.9 Å². The lowest BCUT2D eigenvalue weighted by Crippen LogP contribution is -2.44. The summed E-state index contributed by atoms with van der Waals surface area (Å²) in [6.07, 6.45) is 9.75. The monoisotopic (exact) mass is 424 g/mol. The van der Waals surface area contributed by atoms with Crippen molar-refractivity contribution in [3.05, 3.63) is 54.1 Å². The molecule has 0 saturated carbocycles. The maximum absolute atomic E-state index is 6.15. The lowest BCUT2D eigenvalue weighted by Gasteiger charge is -2.39. The Bertz CT molecular complexity index is 771. The van der Waals surface area contributed by atoms with Gasteiger partial charge in [0, 0.05) is 12.2 Å². The molecule has 0 bridgehead atoms. The summed E-state index contributed by atoms with van der Waals surface area (Å²) < 4.78 is 23.7. The minimum atomic E-state index is -0.297. The molecule has 4 nitrogen and oxygen atoms in total. The average molecular weight is 425 g/mol. The zero-order chi connectivity index (χ0) is 21.3. The van der Waals surface area contributed by atoms with Crippen LogP contribution in [0.2, 0.25) is 0 Å². The van der Waals surface area contributed by atoms with E-state index in [2.05, 4.69) is 55.5 Å². The molecule has 3 atom stereocenters. The summed E-state index contributed by atoms with van der Waals surface area (Å²) in [6, 6.07) is 16.9. The molecule has 0 radical (unpaired) electrons. The van der Waals surface area contributed by atoms with Crippen molar-refractivity contribution < 1.29 is 18.9 Å². The molecule has 0 aromatic heterocycles. The first kappa shape index (κ1) is 22.3. The van der Waals surface area contributed by atoms with Gasteiger partial charge in [-0.05, 0) is 42.5 Å². The maximum Gasteiger partial charge on any atom is 0.184 e. The molecule has 0 spiro atoms. The highest BCUT2D eigenvalue weighted by Gasteiger charge is 2.35. The van der Waals surface area contributed by atoms with Crippen molar-refractivity contribution in [2.24, 2.45) is 0 Å². The number of ether oxygens (including phenoxy) is 4. The maximum atomic E-state index is 6.15. The Kier molecular flexibility index (Phi) is 8.39. The summed E-state index contributed by atoms with van der Waals surface area (Å²) in [5.41, 5.74) is 3.43. The third-order valence-corrected chi connectivity index (χ3v) is 6.23. The average Bonchev–Trinajstić information content (AvgIpc) is 2.84. The van der Waals surface area contributed by atoms with Crippen LogP contribution in [0.4, 0.5) is 0 Å². The van der Waals surface area contributed by atoms with Gasteiger partial charge < -0.3 is 18.9 Å². The van der Waals surface area contributed by atoms with E-state index >= 15 is 0 Å². The van der Waals surface area contributed by atoms with Crippen molar-refractivity contribution in [1.82, 2.24) is 0 Å². The van der Waals surface area contributed by atoms with E-state index < -0.39 is 0 Å². The Labute approximate surface area is 186 Å². The summed E-state index contributed by atoms with van der Waals surface area (Å²) >= 11 is 0. The van der Waals surface area contributed by atoms with Crippen LogP contribution in [-0.2, 0) is 14.2 Å². The molecule has 0 unspecified atom stereocenters. The van der Waals surface area contributed by atoms with Crippen LogP contribution in [0.3, 0.4) is 0 Å². The second-order valence-electron chi connectivity index (χ2n) is 8.65. The number of benzene rings is 2. The predicted molar refractivity (Wildman–Crippen MR) is 123 cm³/mol. The summed E-state index contributed by atoms with van der Waals surface area (Å²) in [6.45, 7) is 4.48. The van der Waals surface area contributed by atoms with Crippen LogP contribution in [0.25, 0.3) is 11.1 Å². The minimum absolute atomic E-state index is 0.0889. The fourth-order valence-corrected chi connectivity index (χ4v) is 4.33. The van der Waals surface area contributed by atoms with Gasteiger partial charge in [-0.25, -0.2) is 0 Å². The zero-order valence-electron chi connectivity index (χ0n) is 18.8. The molecule has 31 heavy (non-hydrogen) atoms. The molecule has 2 saturated heterocycles. The van der Waals surface area contributed by atoms with Crippen LogP contribution in [0.1, 0.15) is 70.1 Å². The van der Waals surface area contributed by atoms with Crippen LogP contribution in [-0.4, -0.2) is 32.0 Å². The smallest absolute Gasteiger partial charge is 0.184 e. The lowest BCUT2D eigenvalue weighted by molar-refractivity contribution is -0.277. The highest BCUT2D eigenvalue weighted by Crippen LogP contribution is 2.33. The first-order valence-corrected chi connectivity index (χ1v) is 12.1. The second kappa shape index (κ2) is 11.7. The predicted octanol–water partition coefficient (Wildman–Crippen LogP) is 6.69. The molecule has 2 aromatic rings. The fourth-order valence-electron chi connectivity index (χ4n) is 4.33. The molecule has 0 aliphatic carbocycles. The highest BCUT2D eigenvalue weighted by molar-refractivity contribution is 5.64. The van der Waals surface area contributed by atoms with Crippen molar-refractivity contribution >= 4 is 0 Å². The molecule has 0 N–H and O–H groups in total. The minimum Gasteiger partial charge on any atom is -0.494 e. The topological polar surface area (TPSA) is 36.9 Å². The lowest BCUT2D eigenvalue weighted by atomic mass is 10.0. The fraction of sp³-hybridized carbons (Fsp3) is 0.556. The summed E-state index contributed by atoms with van der Waals surface area (Å²) in [5, 5.41) is 0. The van der Waals surface area contributed by atoms with Crippen LogP contribution < -0.4 is 4.74 Å². The van der Waals surface area contributed by atoms with Gasteiger partial charge in [0.2, 0.25) is 0 Å². The van der Waals surface area contributed by atoms with E-state index in [1.807, 2.05) is 0 Å². The Balaban J connectivity index is 1.25. The van der Waals surface area contributed by atoms with Gasteiger partial charge in [-0.1, -0.05) is 75.4 Å². The van der Waals surface area contributed by atoms with Crippen LogP contribution in [0.5, 0.6) is 5.75 Å². The normalized spacial score (nSPS) is 23.3. The molecular weight excluding hydrogens is 388 g/mol. The Hall–Kier alpha value is -1.88. The molecule has 2 aliphatic rings. The third kappa shape index (κ3) is 6.31. The van der Waals surface area contributed by atoms with Gasteiger partial charge in [-0.2, -0.15) is 0 Å². The summed E-state index contributed by atoms with van der Waals surface area (Å²) in [4.78, 5) is 0. The first-order chi connectivity index (χ1) is 15.3. The van der Waals surface area contributed by atoms with Gasteiger partial charge in [0.05, 0.1) is 19.3 Å². The quantitative estimate of drug-likeness (QED) is 0.398. The molecule has 2 aliphatic heterocycles. The third-order valence-electron chi connectivity index (χ3n) is 6.23. The highest BCUT2D eigenvalue weighted by atomic mass is 16.7. The standard InChI is InChI=1S/C27H36O4/c1-2-3-4-5-6-7-18-28-24-16-14-22(15-17-24)21-10-12-23(13-11-21)27-30-20-26-25(31-27)9-8-19-29-26/h10-17,25-27H,2-9,18-20H2,1H3/t25-,26+,27+/m0/s1. The van der Waals surface area contributed by atoms with E-state index in [0.717, 1.165) is 43.8 Å². The van der Waals surface area contributed by atoms with E-state index in [-0.39, 0.29) is 18.5 Å². The van der Waals surface area contributed by atoms with Gasteiger partial charge in [-0.15, -0.1) is 0 Å². The second-order valence-corrected chi connectivity index (χ2v) is 8.65. The number of hydrogen-bond acceptors (Lipinski definition) is 4. The van der Waals surface area contributed by atoms with E-state index in [1.54, 1.807) is 0 Å². The molecule has 4 heteroatoms. The van der Waals surface area contributed by atoms with Crippen molar-refractivity contribution in [3.63, 3.8) is 0 Å². The van der Waals surface area contributed by atoms with E-state index in [4.69, 9.17) is 18.9 Å². The first-order valence-electron chi connectivity index (χ1n) is 12.1. The molecule has 2 fully saturated rings. The van der Waals surface area contributed by atoms with Crippen LogP contribution in [0, 0.1) is 0 Å². The van der Waals surface area contributed by atoms with Crippen molar-refractivity contribution in [3.8, 4) is 16.9 Å². The largest absolute Gasteiger partial charge is 0.494 e. The molecule has 0 amide bonds. The Morgan fingerprint density at radius 1 is 0.806 bits per heavy atom. The Morgan fingerprint density at radius 2 is 1.52 bits per heavy atom. The van der Waals surface area contributed by atoms with Crippen LogP contribution in [0.15, 0.2) is 48.5 Å². The number of rotatable bonds is 10. The van der Waals surface area contributed by atoms with Gasteiger partial charge in [-0.3, -0.25) is 0 Å².